The van der Waals surface area contributed by atoms with E-state index in [0.717, 1.165) is 11.4 Å². The van der Waals surface area contributed by atoms with Gasteiger partial charge < -0.3 is 15.6 Å². The maximum absolute atomic E-state index is 12.1. The second-order valence-corrected chi connectivity index (χ2v) is 5.65. The molecule has 0 aliphatic carbocycles. The number of amides is 1. The Morgan fingerprint density at radius 1 is 1.52 bits per heavy atom. The van der Waals surface area contributed by atoms with Gasteiger partial charge in [0.1, 0.15) is 10.7 Å². The van der Waals surface area contributed by atoms with E-state index in [1.807, 2.05) is 13.8 Å². The van der Waals surface area contributed by atoms with Crippen molar-refractivity contribution in [2.24, 2.45) is 5.73 Å². The molecule has 1 unspecified atom stereocenters. The highest BCUT2D eigenvalue weighted by atomic mass is 32.1. The van der Waals surface area contributed by atoms with Crippen molar-refractivity contribution in [2.75, 3.05) is 5.32 Å². The molecule has 0 aromatic carbocycles. The highest BCUT2D eigenvalue weighted by Crippen LogP contribution is 2.16. The van der Waals surface area contributed by atoms with Crippen LogP contribution in [0.2, 0.25) is 0 Å². The number of thiazole rings is 1. The number of carbonyl (C=O) groups excluding carboxylic acids is 1. The van der Waals surface area contributed by atoms with Crippen LogP contribution >= 0.6 is 11.3 Å². The van der Waals surface area contributed by atoms with Gasteiger partial charge in [-0.25, -0.2) is 4.98 Å². The van der Waals surface area contributed by atoms with Gasteiger partial charge in [0.2, 0.25) is 0 Å². The summed E-state index contributed by atoms with van der Waals surface area (Å²) in [5.74, 6) is -0.306. The molecule has 2 aromatic heterocycles. The highest BCUT2D eigenvalue weighted by Gasteiger charge is 2.13. The smallest absolute Gasteiger partial charge is 0.275 e. The zero-order valence-electron chi connectivity index (χ0n) is 12.0. The molecule has 0 bridgehead atoms. The van der Waals surface area contributed by atoms with Gasteiger partial charge in [-0.3, -0.25) is 9.59 Å². The van der Waals surface area contributed by atoms with Crippen LogP contribution in [0.5, 0.6) is 0 Å². The molecule has 7 heteroatoms. The number of aryl methyl sites for hydroxylation is 1. The molecule has 2 rings (SSSR count). The first-order chi connectivity index (χ1) is 10.0. The van der Waals surface area contributed by atoms with E-state index in [0.29, 0.717) is 17.9 Å². The summed E-state index contributed by atoms with van der Waals surface area (Å²) >= 11 is 1.36. The van der Waals surface area contributed by atoms with Crippen LogP contribution in [-0.4, -0.2) is 15.5 Å². The van der Waals surface area contributed by atoms with Gasteiger partial charge in [-0.1, -0.05) is 6.92 Å². The number of nitrogens with zero attached hydrogens (tertiary/aromatic N) is 2. The number of carbonyl (C=O) groups is 1. The van der Waals surface area contributed by atoms with E-state index in [4.69, 9.17) is 5.73 Å². The minimum atomic E-state index is -0.306. The first kappa shape index (κ1) is 15.4. The van der Waals surface area contributed by atoms with Crippen LogP contribution < -0.4 is 16.6 Å². The fourth-order valence-electron chi connectivity index (χ4n) is 1.82. The summed E-state index contributed by atoms with van der Waals surface area (Å²) < 4.78 is 1.57. The van der Waals surface area contributed by atoms with E-state index < -0.39 is 0 Å². The number of hydrogen-bond acceptors (Lipinski definition) is 5. The molecular formula is C14H18N4O2S. The molecule has 0 radical (unpaired) electrons. The summed E-state index contributed by atoms with van der Waals surface area (Å²) in [4.78, 5) is 27.9. The fourth-order valence-corrected chi connectivity index (χ4v) is 2.57. The Balaban J connectivity index is 2.15. The van der Waals surface area contributed by atoms with E-state index in [1.54, 1.807) is 22.2 Å². The molecule has 1 amide bonds. The molecule has 6 nitrogen and oxygen atoms in total. The summed E-state index contributed by atoms with van der Waals surface area (Å²) in [5.41, 5.74) is 6.55. The van der Waals surface area contributed by atoms with Crippen molar-refractivity contribution in [2.45, 2.75) is 32.9 Å². The normalized spacial score (nSPS) is 12.1. The Morgan fingerprint density at radius 3 is 2.90 bits per heavy atom. The molecule has 2 heterocycles. The topological polar surface area (TPSA) is 90.0 Å². The van der Waals surface area contributed by atoms with E-state index in [2.05, 4.69) is 10.3 Å². The van der Waals surface area contributed by atoms with Crippen LogP contribution in [0.4, 0.5) is 5.69 Å². The Bertz CT molecular complexity index is 690. The quantitative estimate of drug-likeness (QED) is 0.884. The SMILES string of the molecule is CCCn1cc(NC(=O)c2csc(C(C)N)n2)ccc1=O. The third-order valence-electron chi connectivity index (χ3n) is 2.85. The summed E-state index contributed by atoms with van der Waals surface area (Å²) in [6.07, 6.45) is 2.49. The van der Waals surface area contributed by atoms with E-state index in [-0.39, 0.29) is 17.5 Å². The van der Waals surface area contributed by atoms with Gasteiger partial charge in [-0.15, -0.1) is 11.3 Å². The summed E-state index contributed by atoms with van der Waals surface area (Å²) in [6.45, 7) is 4.43. The first-order valence-corrected chi connectivity index (χ1v) is 7.62. The van der Waals surface area contributed by atoms with Crippen molar-refractivity contribution in [3.05, 3.63) is 44.8 Å². The first-order valence-electron chi connectivity index (χ1n) is 6.74. The lowest BCUT2D eigenvalue weighted by atomic mass is 10.3. The van der Waals surface area contributed by atoms with Gasteiger partial charge in [0.05, 0.1) is 11.7 Å². The Morgan fingerprint density at radius 2 is 2.29 bits per heavy atom. The number of anilines is 1. The fraction of sp³-hybridized carbons (Fsp3) is 0.357. The Kier molecular flexibility index (Phi) is 4.87. The lowest BCUT2D eigenvalue weighted by molar-refractivity contribution is 0.102. The monoisotopic (exact) mass is 306 g/mol. The minimum Gasteiger partial charge on any atom is -0.322 e. The van der Waals surface area contributed by atoms with Gasteiger partial charge in [0.15, 0.2) is 0 Å². The molecule has 1 atom stereocenters. The van der Waals surface area contributed by atoms with Gasteiger partial charge in [0, 0.05) is 24.2 Å². The number of nitrogens with two attached hydrogens (primary N) is 1. The van der Waals surface area contributed by atoms with Crippen molar-refractivity contribution < 1.29 is 4.79 Å². The number of rotatable bonds is 5. The van der Waals surface area contributed by atoms with E-state index in [9.17, 15) is 9.59 Å². The minimum absolute atomic E-state index is 0.0808. The van der Waals surface area contributed by atoms with Gasteiger partial charge in [-0.2, -0.15) is 0 Å². The number of nitrogens with one attached hydrogen (secondary N) is 1. The molecule has 21 heavy (non-hydrogen) atoms. The van der Waals surface area contributed by atoms with Crippen molar-refractivity contribution in [3.8, 4) is 0 Å². The average Bonchev–Trinajstić information content (AvgIpc) is 2.93. The third kappa shape index (κ3) is 3.77. The van der Waals surface area contributed by atoms with Crippen molar-refractivity contribution >= 4 is 22.9 Å². The zero-order valence-corrected chi connectivity index (χ0v) is 12.8. The number of pyridine rings is 1. The molecule has 3 N–H and O–H groups in total. The lowest BCUT2D eigenvalue weighted by Crippen LogP contribution is -2.20. The van der Waals surface area contributed by atoms with E-state index in [1.165, 1.54) is 17.4 Å². The second kappa shape index (κ2) is 6.64. The summed E-state index contributed by atoms with van der Waals surface area (Å²) in [5, 5.41) is 5.14. The molecule has 0 aliphatic rings. The van der Waals surface area contributed by atoms with Crippen molar-refractivity contribution in [3.63, 3.8) is 0 Å². The lowest BCUT2D eigenvalue weighted by Gasteiger charge is -2.07. The molecular weight excluding hydrogens is 288 g/mol. The van der Waals surface area contributed by atoms with Crippen LogP contribution in [-0.2, 0) is 6.54 Å². The molecule has 2 aromatic rings. The van der Waals surface area contributed by atoms with Crippen molar-refractivity contribution in [1.29, 1.82) is 0 Å². The largest absolute Gasteiger partial charge is 0.322 e. The van der Waals surface area contributed by atoms with Crippen molar-refractivity contribution in [1.82, 2.24) is 9.55 Å². The third-order valence-corrected chi connectivity index (χ3v) is 3.90. The van der Waals surface area contributed by atoms with Gasteiger partial charge >= 0.3 is 0 Å². The van der Waals surface area contributed by atoms with Crippen LogP contribution in [0.15, 0.2) is 28.5 Å². The standard InChI is InChI=1S/C14H18N4O2S/c1-3-6-18-7-10(4-5-12(18)19)16-13(20)11-8-21-14(17-11)9(2)15/h4-5,7-9H,3,6,15H2,1-2H3,(H,16,20). The van der Waals surface area contributed by atoms with Gasteiger partial charge in [0.25, 0.3) is 11.5 Å². The van der Waals surface area contributed by atoms with E-state index >= 15 is 0 Å². The van der Waals surface area contributed by atoms with Crippen LogP contribution in [0.3, 0.4) is 0 Å². The maximum Gasteiger partial charge on any atom is 0.275 e. The predicted molar refractivity (Wildman–Crippen MR) is 83.7 cm³/mol. The summed E-state index contributed by atoms with van der Waals surface area (Å²) in [7, 11) is 0. The number of hydrogen-bond donors (Lipinski definition) is 2. The zero-order chi connectivity index (χ0) is 15.4. The molecule has 0 fully saturated rings. The van der Waals surface area contributed by atoms with Crippen LogP contribution in [0.1, 0.15) is 41.8 Å². The number of aromatic nitrogens is 2. The average molecular weight is 306 g/mol. The summed E-state index contributed by atoms with van der Waals surface area (Å²) in [6, 6.07) is 2.84. The molecule has 0 saturated heterocycles. The molecule has 112 valence electrons. The van der Waals surface area contributed by atoms with Crippen LogP contribution in [0.25, 0.3) is 0 Å². The molecule has 0 aliphatic heterocycles. The second-order valence-electron chi connectivity index (χ2n) is 4.76. The molecule has 0 spiro atoms. The molecule has 0 saturated carbocycles. The maximum atomic E-state index is 12.1. The van der Waals surface area contributed by atoms with Gasteiger partial charge in [-0.05, 0) is 19.4 Å². The van der Waals surface area contributed by atoms with Crippen LogP contribution in [0, 0.1) is 0 Å². The Labute approximate surface area is 126 Å². The Hall–Kier alpha value is -1.99. The highest BCUT2D eigenvalue weighted by molar-refractivity contribution is 7.09. The predicted octanol–water partition coefficient (Wildman–Crippen LogP) is 1.99.